The maximum absolute atomic E-state index is 13.8. The molecule has 4 aliphatic rings. The van der Waals surface area contributed by atoms with Crippen molar-refractivity contribution >= 4 is 27.5 Å². The Labute approximate surface area is 165 Å². The number of ether oxygens (including phenoxy) is 3. The van der Waals surface area contributed by atoms with E-state index >= 15 is 0 Å². The average Bonchev–Trinajstić information content (AvgIpc) is 3.16. The van der Waals surface area contributed by atoms with Crippen LogP contribution in [0.15, 0.2) is 34.8 Å². The average molecular weight is 428 g/mol. The van der Waals surface area contributed by atoms with E-state index in [1.54, 1.807) is 0 Å². The van der Waals surface area contributed by atoms with Crippen LogP contribution in [0.25, 0.3) is 0 Å². The van der Waals surface area contributed by atoms with E-state index in [2.05, 4.69) is 28.1 Å². The molecule has 138 valence electrons. The molecule has 0 N–H and O–H groups in total. The number of hydrogen-bond donors (Lipinski definition) is 0. The highest BCUT2D eigenvalue weighted by atomic mass is 79.9. The third-order valence-corrected chi connectivity index (χ3v) is 6.90. The number of carbonyl (C=O) groups excluding carboxylic acids is 1. The fourth-order valence-corrected chi connectivity index (χ4v) is 5.20. The van der Waals surface area contributed by atoms with Crippen LogP contribution in [0.3, 0.4) is 0 Å². The number of amides is 1. The maximum atomic E-state index is 13.8. The predicted octanol–water partition coefficient (Wildman–Crippen LogP) is 4.00. The number of rotatable bonds is 3. The Morgan fingerprint density at radius 2 is 1.96 bits per heavy atom. The third kappa shape index (κ3) is 2.02. The van der Waals surface area contributed by atoms with Gasteiger partial charge in [0.2, 0.25) is 12.7 Å². The third-order valence-electron chi connectivity index (χ3n) is 6.18. The van der Waals surface area contributed by atoms with Crippen LogP contribution >= 0.6 is 15.9 Å². The van der Waals surface area contributed by atoms with E-state index in [0.29, 0.717) is 23.9 Å². The van der Waals surface area contributed by atoms with Gasteiger partial charge in [0.15, 0.2) is 11.5 Å². The normalized spacial score (nSPS) is 24.3. The van der Waals surface area contributed by atoms with Crippen molar-refractivity contribution in [3.8, 4) is 17.2 Å². The van der Waals surface area contributed by atoms with Gasteiger partial charge in [-0.3, -0.25) is 4.79 Å². The van der Waals surface area contributed by atoms with Crippen molar-refractivity contribution in [2.45, 2.75) is 24.7 Å². The van der Waals surface area contributed by atoms with Gasteiger partial charge in [-0.1, -0.05) is 31.0 Å². The highest BCUT2D eigenvalue weighted by Gasteiger charge is 2.58. The summed E-state index contributed by atoms with van der Waals surface area (Å²) in [6.45, 7) is 1.25. The summed E-state index contributed by atoms with van der Waals surface area (Å²) in [5.41, 5.74) is 2.09. The quantitative estimate of drug-likeness (QED) is 0.742. The largest absolute Gasteiger partial charge is 0.490 e. The summed E-state index contributed by atoms with van der Waals surface area (Å²) in [6, 6.07) is 10.0. The first kappa shape index (κ1) is 15.8. The lowest BCUT2D eigenvalue weighted by Crippen LogP contribution is -2.43. The van der Waals surface area contributed by atoms with Crippen LogP contribution in [0.5, 0.6) is 17.2 Å². The second kappa shape index (κ2) is 5.41. The lowest BCUT2D eigenvalue weighted by Gasteiger charge is -2.23. The molecule has 1 fully saturated rings. The SMILES string of the molecule is O=C1N(CCC2CC2)c2ccccc2C12COc1c2cc2c(c1Br)OCO2. The van der Waals surface area contributed by atoms with Crippen molar-refractivity contribution in [1.29, 1.82) is 0 Å². The lowest BCUT2D eigenvalue weighted by atomic mass is 9.77. The molecule has 0 aromatic heterocycles. The summed E-state index contributed by atoms with van der Waals surface area (Å²) in [4.78, 5) is 15.7. The van der Waals surface area contributed by atoms with Gasteiger partial charge in [-0.05, 0) is 46.0 Å². The minimum Gasteiger partial charge on any atom is -0.490 e. The molecule has 2 aromatic rings. The molecule has 3 heterocycles. The van der Waals surface area contributed by atoms with E-state index in [1.165, 1.54) is 12.8 Å². The number of carbonyl (C=O) groups is 1. The lowest BCUT2D eigenvalue weighted by molar-refractivity contribution is -0.122. The fraction of sp³-hybridized carbons (Fsp3) is 0.381. The first-order valence-corrected chi connectivity index (χ1v) is 10.2. The molecule has 0 bridgehead atoms. The van der Waals surface area contributed by atoms with E-state index in [4.69, 9.17) is 14.2 Å². The van der Waals surface area contributed by atoms with Gasteiger partial charge < -0.3 is 19.1 Å². The van der Waals surface area contributed by atoms with E-state index in [0.717, 1.165) is 40.2 Å². The van der Waals surface area contributed by atoms with Gasteiger partial charge >= 0.3 is 0 Å². The minimum absolute atomic E-state index is 0.105. The summed E-state index contributed by atoms with van der Waals surface area (Å²) in [5.74, 6) is 2.87. The Balaban J connectivity index is 1.52. The van der Waals surface area contributed by atoms with E-state index in [1.807, 2.05) is 23.1 Å². The van der Waals surface area contributed by atoms with Crippen LogP contribution in [0, 0.1) is 5.92 Å². The maximum Gasteiger partial charge on any atom is 0.245 e. The smallest absolute Gasteiger partial charge is 0.245 e. The first-order chi connectivity index (χ1) is 13.2. The van der Waals surface area contributed by atoms with Crippen molar-refractivity contribution in [2.24, 2.45) is 5.92 Å². The number of para-hydroxylation sites is 1. The molecule has 2 aromatic carbocycles. The molecule has 0 radical (unpaired) electrons. The van der Waals surface area contributed by atoms with Gasteiger partial charge in [0.05, 0.1) is 0 Å². The second-order valence-electron chi connectivity index (χ2n) is 7.70. The molecule has 1 spiro atoms. The summed E-state index contributed by atoms with van der Waals surface area (Å²) >= 11 is 3.59. The van der Waals surface area contributed by atoms with Crippen LogP contribution in [0.1, 0.15) is 30.4 Å². The van der Waals surface area contributed by atoms with E-state index < -0.39 is 5.41 Å². The van der Waals surface area contributed by atoms with Crippen LogP contribution < -0.4 is 19.1 Å². The Kier molecular flexibility index (Phi) is 3.17. The Morgan fingerprint density at radius 3 is 2.81 bits per heavy atom. The molecule has 5 nitrogen and oxygen atoms in total. The topological polar surface area (TPSA) is 48.0 Å². The van der Waals surface area contributed by atoms with Gasteiger partial charge in [0.25, 0.3) is 0 Å². The Bertz CT molecular complexity index is 986. The summed E-state index contributed by atoms with van der Waals surface area (Å²) in [5, 5.41) is 0. The number of benzene rings is 2. The summed E-state index contributed by atoms with van der Waals surface area (Å²) < 4.78 is 18.0. The standard InChI is InChI=1S/C21H18BrNO4/c22-17-18-14(9-16-19(17)27-11-26-16)21(10-25-18)13-3-1-2-4-15(13)23(20(21)24)8-7-12-5-6-12/h1-4,9,12H,5-8,10-11H2. The number of anilines is 1. The van der Waals surface area contributed by atoms with Crippen LogP contribution in [0.4, 0.5) is 5.69 Å². The van der Waals surface area contributed by atoms with Crippen molar-refractivity contribution in [3.05, 3.63) is 45.9 Å². The molecule has 1 atom stereocenters. The molecule has 6 heteroatoms. The van der Waals surface area contributed by atoms with Crippen molar-refractivity contribution < 1.29 is 19.0 Å². The molecule has 1 unspecified atom stereocenters. The van der Waals surface area contributed by atoms with Gasteiger partial charge in [0.1, 0.15) is 22.2 Å². The van der Waals surface area contributed by atoms with Gasteiger partial charge in [-0.25, -0.2) is 0 Å². The monoisotopic (exact) mass is 427 g/mol. The van der Waals surface area contributed by atoms with Gasteiger partial charge in [-0.15, -0.1) is 0 Å². The highest BCUT2D eigenvalue weighted by molar-refractivity contribution is 9.10. The zero-order chi connectivity index (χ0) is 18.2. The zero-order valence-electron chi connectivity index (χ0n) is 14.7. The van der Waals surface area contributed by atoms with Gasteiger partial charge in [0, 0.05) is 17.8 Å². The van der Waals surface area contributed by atoms with Gasteiger partial charge in [-0.2, -0.15) is 0 Å². The van der Waals surface area contributed by atoms with Crippen molar-refractivity contribution in [2.75, 3.05) is 24.8 Å². The number of fused-ring (bicyclic) bond motifs is 5. The second-order valence-corrected chi connectivity index (χ2v) is 8.49. The molecule has 3 aliphatic heterocycles. The molecule has 1 aliphatic carbocycles. The van der Waals surface area contributed by atoms with Crippen LogP contribution in [-0.4, -0.2) is 25.9 Å². The molecular formula is C21H18BrNO4. The first-order valence-electron chi connectivity index (χ1n) is 9.37. The minimum atomic E-state index is -0.807. The Morgan fingerprint density at radius 1 is 1.11 bits per heavy atom. The molecule has 0 saturated heterocycles. The van der Waals surface area contributed by atoms with Crippen molar-refractivity contribution in [3.63, 3.8) is 0 Å². The summed E-state index contributed by atoms with van der Waals surface area (Å²) in [6.07, 6.45) is 3.64. The number of hydrogen-bond acceptors (Lipinski definition) is 4. The van der Waals surface area contributed by atoms with Crippen LogP contribution in [0.2, 0.25) is 0 Å². The predicted molar refractivity (Wildman–Crippen MR) is 103 cm³/mol. The van der Waals surface area contributed by atoms with E-state index in [-0.39, 0.29) is 12.7 Å². The fourth-order valence-electron chi connectivity index (χ4n) is 4.57. The highest BCUT2D eigenvalue weighted by Crippen LogP contribution is 2.58. The molecular weight excluding hydrogens is 410 g/mol. The molecule has 1 saturated carbocycles. The molecule has 1 amide bonds. The van der Waals surface area contributed by atoms with E-state index in [9.17, 15) is 4.79 Å². The molecule has 27 heavy (non-hydrogen) atoms. The zero-order valence-corrected chi connectivity index (χ0v) is 16.3. The number of nitrogens with zero attached hydrogens (tertiary/aromatic N) is 1. The van der Waals surface area contributed by atoms with Crippen molar-refractivity contribution in [1.82, 2.24) is 0 Å². The van der Waals surface area contributed by atoms with Crippen LogP contribution in [-0.2, 0) is 10.2 Å². The summed E-state index contributed by atoms with van der Waals surface area (Å²) in [7, 11) is 0. The number of halogens is 1. The Hall–Kier alpha value is -2.21. The molecule has 6 rings (SSSR count).